The molecule has 0 saturated carbocycles. The molecule has 33 heavy (non-hydrogen) atoms. The fraction of sp³-hybridized carbons (Fsp3) is 0.423. The zero-order valence-corrected chi connectivity index (χ0v) is 19.3. The SMILES string of the molecule is CCn1cc(C(=O)N2C[C@@H](C)OCC2C)c(=O)c2cc(OC3Cc4ccccc4C3)ncc21. The van der Waals surface area contributed by atoms with Gasteiger partial charge in [0.25, 0.3) is 5.91 Å². The van der Waals surface area contributed by atoms with Crippen LogP contribution < -0.4 is 10.2 Å². The van der Waals surface area contributed by atoms with Gasteiger partial charge in [0.1, 0.15) is 11.7 Å². The van der Waals surface area contributed by atoms with E-state index in [9.17, 15) is 9.59 Å². The molecule has 1 amide bonds. The molecule has 7 heteroatoms. The van der Waals surface area contributed by atoms with Gasteiger partial charge in [-0.05, 0) is 31.9 Å². The summed E-state index contributed by atoms with van der Waals surface area (Å²) in [5, 5.41) is 0.456. The highest BCUT2D eigenvalue weighted by atomic mass is 16.5. The Kier molecular flexibility index (Phi) is 5.66. The average molecular weight is 448 g/mol. The Bertz CT molecular complexity index is 1240. The van der Waals surface area contributed by atoms with Gasteiger partial charge in [0.05, 0.1) is 35.9 Å². The number of aromatic nitrogens is 2. The van der Waals surface area contributed by atoms with Crippen molar-refractivity contribution >= 4 is 16.8 Å². The number of carbonyl (C=O) groups is 1. The van der Waals surface area contributed by atoms with Gasteiger partial charge in [0.2, 0.25) is 11.3 Å². The maximum atomic E-state index is 13.5. The summed E-state index contributed by atoms with van der Waals surface area (Å²) in [4.78, 5) is 33.1. The fourth-order valence-electron chi connectivity index (χ4n) is 4.86. The van der Waals surface area contributed by atoms with E-state index in [0.29, 0.717) is 36.5 Å². The van der Waals surface area contributed by atoms with E-state index >= 15 is 0 Å². The molecule has 1 saturated heterocycles. The van der Waals surface area contributed by atoms with Crippen molar-refractivity contribution < 1.29 is 14.3 Å². The molecule has 1 aliphatic carbocycles. The topological polar surface area (TPSA) is 73.7 Å². The first kappa shape index (κ1) is 21.6. The summed E-state index contributed by atoms with van der Waals surface area (Å²) in [7, 11) is 0. The fourth-order valence-corrected chi connectivity index (χ4v) is 4.86. The van der Waals surface area contributed by atoms with Crippen molar-refractivity contribution in [2.45, 2.75) is 58.4 Å². The number of ether oxygens (including phenoxy) is 2. The number of rotatable bonds is 4. The van der Waals surface area contributed by atoms with Crippen molar-refractivity contribution in [3.63, 3.8) is 0 Å². The molecule has 1 aliphatic heterocycles. The number of hydrogen-bond acceptors (Lipinski definition) is 5. The van der Waals surface area contributed by atoms with Crippen molar-refractivity contribution in [3.05, 3.63) is 69.6 Å². The molecular weight excluding hydrogens is 418 g/mol. The summed E-state index contributed by atoms with van der Waals surface area (Å²) in [6, 6.07) is 9.93. The van der Waals surface area contributed by atoms with Gasteiger partial charge >= 0.3 is 0 Å². The first-order valence-electron chi connectivity index (χ1n) is 11.6. The third-order valence-electron chi connectivity index (χ3n) is 6.68. The highest BCUT2D eigenvalue weighted by Crippen LogP contribution is 2.26. The highest BCUT2D eigenvalue weighted by Gasteiger charge is 2.30. The average Bonchev–Trinajstić information content (AvgIpc) is 3.23. The van der Waals surface area contributed by atoms with E-state index in [1.165, 1.54) is 11.1 Å². The zero-order chi connectivity index (χ0) is 23.1. The molecule has 0 N–H and O–H groups in total. The van der Waals surface area contributed by atoms with Crippen LogP contribution in [0.25, 0.3) is 10.9 Å². The van der Waals surface area contributed by atoms with E-state index in [-0.39, 0.29) is 35.1 Å². The van der Waals surface area contributed by atoms with E-state index in [0.717, 1.165) is 12.8 Å². The van der Waals surface area contributed by atoms with Gasteiger partial charge in [-0.2, -0.15) is 0 Å². The monoisotopic (exact) mass is 447 g/mol. The number of nitrogens with zero attached hydrogens (tertiary/aromatic N) is 3. The van der Waals surface area contributed by atoms with Crippen molar-refractivity contribution in [1.82, 2.24) is 14.5 Å². The Hall–Kier alpha value is -3.19. The Morgan fingerprint density at radius 2 is 1.94 bits per heavy atom. The van der Waals surface area contributed by atoms with Crippen LogP contribution in [0.2, 0.25) is 0 Å². The smallest absolute Gasteiger partial charge is 0.259 e. The molecule has 1 unspecified atom stereocenters. The Labute approximate surface area is 192 Å². The van der Waals surface area contributed by atoms with E-state index < -0.39 is 0 Å². The number of benzene rings is 1. The predicted molar refractivity (Wildman–Crippen MR) is 126 cm³/mol. The van der Waals surface area contributed by atoms with Crippen LogP contribution in [0.3, 0.4) is 0 Å². The Balaban J connectivity index is 1.48. The molecule has 2 atom stereocenters. The van der Waals surface area contributed by atoms with Gasteiger partial charge < -0.3 is 18.9 Å². The molecule has 3 heterocycles. The lowest BCUT2D eigenvalue weighted by Crippen LogP contribution is -2.51. The van der Waals surface area contributed by atoms with Crippen LogP contribution in [-0.4, -0.2) is 51.8 Å². The van der Waals surface area contributed by atoms with Gasteiger partial charge in [-0.15, -0.1) is 0 Å². The van der Waals surface area contributed by atoms with Crippen LogP contribution in [0, 0.1) is 0 Å². The van der Waals surface area contributed by atoms with Crippen molar-refractivity contribution in [1.29, 1.82) is 0 Å². The van der Waals surface area contributed by atoms with Gasteiger partial charge in [0.15, 0.2) is 0 Å². The largest absolute Gasteiger partial charge is 0.474 e. The molecule has 172 valence electrons. The van der Waals surface area contributed by atoms with Crippen LogP contribution in [0.1, 0.15) is 42.3 Å². The quantitative estimate of drug-likeness (QED) is 0.614. The summed E-state index contributed by atoms with van der Waals surface area (Å²) in [6.45, 7) is 7.42. The van der Waals surface area contributed by atoms with Crippen LogP contribution in [0.15, 0.2) is 47.5 Å². The first-order chi connectivity index (χ1) is 15.9. The summed E-state index contributed by atoms with van der Waals surface area (Å²) < 4.78 is 13.7. The van der Waals surface area contributed by atoms with Gasteiger partial charge in [-0.25, -0.2) is 4.98 Å². The molecule has 3 aromatic rings. The lowest BCUT2D eigenvalue weighted by molar-refractivity contribution is -0.0387. The standard InChI is InChI=1S/C26H29N3O4/c1-4-28-14-22(26(31)29-13-17(3)32-15-16(29)2)25(30)21-11-24(27-12-23(21)28)33-20-9-18-7-5-6-8-19(18)10-20/h5-8,11-12,14,16-17,20H,4,9-10,13,15H2,1-3H3/t16?,17-/m1/s1. The summed E-state index contributed by atoms with van der Waals surface area (Å²) in [5.74, 6) is 0.162. The highest BCUT2D eigenvalue weighted by molar-refractivity contribution is 5.97. The van der Waals surface area contributed by atoms with Crippen molar-refractivity contribution in [2.24, 2.45) is 0 Å². The van der Waals surface area contributed by atoms with Crippen molar-refractivity contribution in [2.75, 3.05) is 13.2 Å². The minimum absolute atomic E-state index is 0.0127. The zero-order valence-electron chi connectivity index (χ0n) is 19.3. The van der Waals surface area contributed by atoms with E-state index in [2.05, 4.69) is 17.1 Å². The number of fused-ring (bicyclic) bond motifs is 2. The van der Waals surface area contributed by atoms with Crippen LogP contribution in [0.5, 0.6) is 5.88 Å². The number of pyridine rings is 2. The molecule has 0 radical (unpaired) electrons. The molecule has 0 bridgehead atoms. The normalized spacial score (nSPS) is 20.8. The molecule has 7 nitrogen and oxygen atoms in total. The molecule has 5 rings (SSSR count). The maximum Gasteiger partial charge on any atom is 0.259 e. The van der Waals surface area contributed by atoms with Gasteiger partial charge in [-0.3, -0.25) is 9.59 Å². The number of aryl methyl sites for hydroxylation is 1. The molecular formula is C26H29N3O4. The second kappa shape index (κ2) is 8.63. The minimum Gasteiger partial charge on any atom is -0.474 e. The summed E-state index contributed by atoms with van der Waals surface area (Å²) in [5.41, 5.74) is 3.17. The summed E-state index contributed by atoms with van der Waals surface area (Å²) in [6.07, 6.45) is 4.91. The Morgan fingerprint density at radius 1 is 1.21 bits per heavy atom. The van der Waals surface area contributed by atoms with Crippen molar-refractivity contribution in [3.8, 4) is 5.88 Å². The van der Waals surface area contributed by atoms with Crippen LogP contribution in [-0.2, 0) is 24.1 Å². The Morgan fingerprint density at radius 3 is 2.64 bits per heavy atom. The van der Waals surface area contributed by atoms with E-state index in [1.807, 2.05) is 37.5 Å². The van der Waals surface area contributed by atoms with Gasteiger partial charge in [0, 0.05) is 38.2 Å². The second-order valence-electron chi connectivity index (χ2n) is 9.06. The summed E-state index contributed by atoms with van der Waals surface area (Å²) >= 11 is 0. The number of carbonyl (C=O) groups excluding carboxylic acids is 1. The van der Waals surface area contributed by atoms with Crippen LogP contribution in [0.4, 0.5) is 0 Å². The van der Waals surface area contributed by atoms with E-state index in [4.69, 9.17) is 9.47 Å². The first-order valence-corrected chi connectivity index (χ1v) is 11.6. The molecule has 1 fully saturated rings. The lowest BCUT2D eigenvalue weighted by Gasteiger charge is -2.36. The maximum absolute atomic E-state index is 13.5. The van der Waals surface area contributed by atoms with Crippen LogP contribution >= 0.6 is 0 Å². The molecule has 0 spiro atoms. The number of amides is 1. The molecule has 1 aromatic carbocycles. The molecule has 2 aliphatic rings. The third-order valence-corrected chi connectivity index (χ3v) is 6.68. The number of morpholine rings is 1. The predicted octanol–water partition coefficient (Wildman–Crippen LogP) is 3.21. The minimum atomic E-state index is -0.284. The second-order valence-corrected chi connectivity index (χ2v) is 9.06. The molecule has 2 aromatic heterocycles. The van der Waals surface area contributed by atoms with E-state index in [1.54, 1.807) is 23.4 Å². The lowest BCUT2D eigenvalue weighted by atomic mass is 10.1. The number of hydrogen-bond donors (Lipinski definition) is 0. The van der Waals surface area contributed by atoms with Gasteiger partial charge in [-0.1, -0.05) is 24.3 Å². The third kappa shape index (κ3) is 4.02.